The van der Waals surface area contributed by atoms with E-state index in [0.717, 1.165) is 17.0 Å². The van der Waals surface area contributed by atoms with E-state index in [2.05, 4.69) is 30.8 Å². The Labute approximate surface area is 80.3 Å². The summed E-state index contributed by atoms with van der Waals surface area (Å²) in [6.45, 7) is 3.40. The monoisotopic (exact) mass is 229 g/mol. The van der Waals surface area contributed by atoms with E-state index in [4.69, 9.17) is 0 Å². The second kappa shape index (κ2) is 3.58. The van der Waals surface area contributed by atoms with Crippen molar-refractivity contribution in [1.82, 2.24) is 14.9 Å². The average molecular weight is 230 g/mol. The summed E-state index contributed by atoms with van der Waals surface area (Å²) in [6.07, 6.45) is 4.48. The maximum atomic E-state index is 4.24. The molecule has 12 heavy (non-hydrogen) atoms. The first-order chi connectivity index (χ1) is 5.84. The molecule has 0 atom stereocenters. The number of nitrogens with zero attached hydrogens (tertiary/aromatic N) is 2. The maximum Gasteiger partial charge on any atom is 0.121 e. The fourth-order valence-electron chi connectivity index (χ4n) is 1.57. The first-order valence-electron chi connectivity index (χ1n) is 4.26. The first kappa shape index (κ1) is 8.26. The van der Waals surface area contributed by atoms with E-state index in [0.29, 0.717) is 0 Å². The van der Waals surface area contributed by atoms with Gasteiger partial charge in [0.05, 0.1) is 12.7 Å². The minimum atomic E-state index is 0.964. The lowest BCUT2D eigenvalue weighted by molar-refractivity contribution is 0.323. The number of likely N-dealkylation sites (tertiary alicyclic amines) is 1. The first-order valence-corrected chi connectivity index (χ1v) is 5.05. The fraction of sp³-hybridized carbons (Fsp3) is 0.625. The van der Waals surface area contributed by atoms with E-state index in [-0.39, 0.29) is 0 Å². The van der Waals surface area contributed by atoms with Gasteiger partial charge in [0.15, 0.2) is 0 Å². The number of H-pyrrole nitrogens is 1. The summed E-state index contributed by atoms with van der Waals surface area (Å²) in [5.41, 5.74) is 0. The summed E-state index contributed by atoms with van der Waals surface area (Å²) in [5, 5.41) is 0. The van der Waals surface area contributed by atoms with Crippen molar-refractivity contribution in [2.45, 2.75) is 19.4 Å². The summed E-state index contributed by atoms with van der Waals surface area (Å²) >= 11 is 3.34. The maximum absolute atomic E-state index is 4.24. The van der Waals surface area contributed by atoms with Crippen molar-refractivity contribution in [3.05, 3.63) is 16.6 Å². The Bertz CT molecular complexity index is 253. The lowest BCUT2D eigenvalue weighted by atomic mass is 10.4. The third kappa shape index (κ3) is 1.87. The van der Waals surface area contributed by atoms with Crippen LogP contribution in [0, 0.1) is 0 Å². The number of hydrogen-bond acceptors (Lipinski definition) is 2. The zero-order valence-corrected chi connectivity index (χ0v) is 8.47. The van der Waals surface area contributed by atoms with Crippen molar-refractivity contribution in [3.63, 3.8) is 0 Å². The molecule has 0 radical (unpaired) electrons. The van der Waals surface area contributed by atoms with Crippen LogP contribution in [0.3, 0.4) is 0 Å². The molecular weight excluding hydrogens is 218 g/mol. The van der Waals surface area contributed by atoms with Crippen molar-refractivity contribution in [2.24, 2.45) is 0 Å². The van der Waals surface area contributed by atoms with Crippen molar-refractivity contribution < 1.29 is 0 Å². The van der Waals surface area contributed by atoms with Gasteiger partial charge >= 0.3 is 0 Å². The average Bonchev–Trinajstić information content (AvgIpc) is 2.63. The van der Waals surface area contributed by atoms with Crippen LogP contribution in [0.4, 0.5) is 0 Å². The van der Waals surface area contributed by atoms with Crippen LogP contribution < -0.4 is 0 Å². The molecule has 0 amide bonds. The van der Waals surface area contributed by atoms with Crippen LogP contribution in [0.15, 0.2) is 10.8 Å². The van der Waals surface area contributed by atoms with Crippen LogP contribution in [0.5, 0.6) is 0 Å². The number of imidazole rings is 1. The number of halogens is 1. The van der Waals surface area contributed by atoms with Crippen LogP contribution in [0.2, 0.25) is 0 Å². The molecule has 1 aliphatic heterocycles. The smallest absolute Gasteiger partial charge is 0.121 e. The van der Waals surface area contributed by atoms with Crippen LogP contribution in [0.25, 0.3) is 0 Å². The van der Waals surface area contributed by atoms with E-state index in [1.54, 1.807) is 0 Å². The highest BCUT2D eigenvalue weighted by Crippen LogP contribution is 2.12. The van der Waals surface area contributed by atoms with Gasteiger partial charge in [-0.25, -0.2) is 4.98 Å². The Morgan fingerprint density at radius 1 is 1.50 bits per heavy atom. The molecule has 1 aromatic heterocycles. The van der Waals surface area contributed by atoms with Gasteiger partial charge < -0.3 is 4.98 Å². The minimum Gasteiger partial charge on any atom is -0.336 e. The van der Waals surface area contributed by atoms with Crippen LogP contribution >= 0.6 is 15.9 Å². The SMILES string of the molecule is Brc1cnc(CN2CCCC2)[nH]1. The predicted octanol–water partition coefficient (Wildman–Crippen LogP) is 1.77. The Morgan fingerprint density at radius 3 is 2.83 bits per heavy atom. The quantitative estimate of drug-likeness (QED) is 0.839. The summed E-state index contributed by atoms with van der Waals surface area (Å²) in [7, 11) is 0. The second-order valence-corrected chi connectivity index (χ2v) is 4.02. The molecule has 2 rings (SSSR count). The molecule has 1 fully saturated rings. The van der Waals surface area contributed by atoms with Gasteiger partial charge in [-0.3, -0.25) is 4.90 Å². The van der Waals surface area contributed by atoms with Crippen molar-refractivity contribution >= 4 is 15.9 Å². The van der Waals surface area contributed by atoms with Gasteiger partial charge in [-0.05, 0) is 41.9 Å². The molecule has 4 heteroatoms. The van der Waals surface area contributed by atoms with Gasteiger partial charge in [0, 0.05) is 0 Å². The number of nitrogens with one attached hydrogen (secondary N) is 1. The van der Waals surface area contributed by atoms with Gasteiger partial charge in [-0.2, -0.15) is 0 Å². The molecule has 0 spiro atoms. The Kier molecular flexibility index (Phi) is 2.46. The Balaban J connectivity index is 1.94. The predicted molar refractivity (Wildman–Crippen MR) is 50.8 cm³/mol. The number of hydrogen-bond donors (Lipinski definition) is 1. The highest BCUT2D eigenvalue weighted by atomic mass is 79.9. The number of aromatic amines is 1. The minimum absolute atomic E-state index is 0.964. The molecule has 0 unspecified atom stereocenters. The summed E-state index contributed by atoms with van der Waals surface area (Å²) in [6, 6.07) is 0. The number of aromatic nitrogens is 2. The second-order valence-electron chi connectivity index (χ2n) is 3.16. The zero-order chi connectivity index (χ0) is 8.39. The molecule has 2 heterocycles. The number of rotatable bonds is 2. The van der Waals surface area contributed by atoms with Gasteiger partial charge in [-0.15, -0.1) is 0 Å². The molecule has 0 saturated carbocycles. The molecule has 0 bridgehead atoms. The third-order valence-corrected chi connectivity index (χ3v) is 2.57. The topological polar surface area (TPSA) is 31.9 Å². The van der Waals surface area contributed by atoms with Gasteiger partial charge in [0.2, 0.25) is 0 Å². The third-order valence-electron chi connectivity index (χ3n) is 2.17. The van der Waals surface area contributed by atoms with Crippen LogP contribution in [-0.2, 0) is 6.54 Å². The van der Waals surface area contributed by atoms with Crippen LogP contribution in [0.1, 0.15) is 18.7 Å². The lowest BCUT2D eigenvalue weighted by Crippen LogP contribution is -2.19. The molecule has 3 nitrogen and oxygen atoms in total. The van der Waals surface area contributed by atoms with Gasteiger partial charge in [-0.1, -0.05) is 0 Å². The molecule has 66 valence electrons. The van der Waals surface area contributed by atoms with Crippen molar-refractivity contribution in [1.29, 1.82) is 0 Å². The van der Waals surface area contributed by atoms with Gasteiger partial charge in [0.25, 0.3) is 0 Å². The highest BCUT2D eigenvalue weighted by Gasteiger charge is 2.12. The normalized spacial score (nSPS) is 18.8. The van der Waals surface area contributed by atoms with E-state index in [9.17, 15) is 0 Å². The Hall–Kier alpha value is -0.350. The zero-order valence-electron chi connectivity index (χ0n) is 6.89. The van der Waals surface area contributed by atoms with Crippen LogP contribution in [-0.4, -0.2) is 28.0 Å². The molecule has 1 aliphatic rings. The molecule has 1 saturated heterocycles. The van der Waals surface area contributed by atoms with Gasteiger partial charge in [0.1, 0.15) is 10.4 Å². The molecule has 1 aromatic rings. The fourth-order valence-corrected chi connectivity index (χ4v) is 1.90. The van der Waals surface area contributed by atoms with E-state index in [1.807, 2.05) is 6.20 Å². The van der Waals surface area contributed by atoms with Crippen molar-refractivity contribution in [2.75, 3.05) is 13.1 Å². The van der Waals surface area contributed by atoms with Crippen molar-refractivity contribution in [3.8, 4) is 0 Å². The lowest BCUT2D eigenvalue weighted by Gasteiger charge is -2.11. The summed E-state index contributed by atoms with van der Waals surface area (Å²) in [4.78, 5) is 9.82. The van der Waals surface area contributed by atoms with E-state index >= 15 is 0 Å². The molecule has 1 N–H and O–H groups in total. The highest BCUT2D eigenvalue weighted by molar-refractivity contribution is 9.10. The van der Waals surface area contributed by atoms with E-state index < -0.39 is 0 Å². The summed E-state index contributed by atoms with van der Waals surface area (Å²) < 4.78 is 0.969. The largest absolute Gasteiger partial charge is 0.336 e. The Morgan fingerprint density at radius 2 is 2.25 bits per heavy atom. The van der Waals surface area contributed by atoms with E-state index in [1.165, 1.54) is 25.9 Å². The molecule has 0 aliphatic carbocycles. The standard InChI is InChI=1S/C8H12BrN3/c9-7-5-10-8(11-7)6-12-3-1-2-4-12/h5H,1-4,6H2,(H,10,11). The molecular formula is C8H12BrN3. The summed E-state index contributed by atoms with van der Waals surface area (Å²) in [5.74, 6) is 1.06. The molecule has 0 aromatic carbocycles.